The topological polar surface area (TPSA) is 25.2 Å². The first-order valence-electron chi connectivity index (χ1n) is 5.62. The summed E-state index contributed by atoms with van der Waals surface area (Å²) in [5.41, 5.74) is 3.91. The van der Waals surface area contributed by atoms with Gasteiger partial charge >= 0.3 is 0 Å². The third-order valence-electron chi connectivity index (χ3n) is 2.58. The summed E-state index contributed by atoms with van der Waals surface area (Å²) in [5.74, 6) is 0. The van der Waals surface area contributed by atoms with Crippen molar-refractivity contribution in [2.45, 2.75) is 19.9 Å². The van der Waals surface area contributed by atoms with Crippen molar-refractivity contribution in [3.63, 3.8) is 0 Å². The smallest absolute Gasteiger partial charge is 0.0947 e. The molecule has 1 aromatic carbocycles. The Morgan fingerprint density at radius 3 is 2.88 bits per heavy atom. The third-order valence-corrected chi connectivity index (χ3v) is 2.58. The molecule has 0 atom stereocenters. The van der Waals surface area contributed by atoms with Crippen molar-refractivity contribution in [1.29, 1.82) is 0 Å². The highest BCUT2D eigenvalue weighted by atomic mass is 16.3. The van der Waals surface area contributed by atoms with Crippen LogP contribution >= 0.6 is 0 Å². The Balaban J connectivity index is 1.72. The summed E-state index contributed by atoms with van der Waals surface area (Å²) in [6.07, 6.45) is 4.55. The lowest BCUT2D eigenvalue weighted by Crippen LogP contribution is -2.16. The Bertz CT molecular complexity index is 420. The summed E-state index contributed by atoms with van der Waals surface area (Å²) >= 11 is 0. The maximum Gasteiger partial charge on any atom is 0.0947 e. The van der Waals surface area contributed by atoms with E-state index in [0.29, 0.717) is 0 Å². The molecule has 0 aliphatic carbocycles. The van der Waals surface area contributed by atoms with Crippen LogP contribution in [0, 0.1) is 6.92 Å². The lowest BCUT2D eigenvalue weighted by atomic mass is 10.1. The van der Waals surface area contributed by atoms with Crippen molar-refractivity contribution < 1.29 is 4.42 Å². The Morgan fingerprint density at radius 2 is 2.12 bits per heavy atom. The van der Waals surface area contributed by atoms with Crippen molar-refractivity contribution in [2.24, 2.45) is 0 Å². The van der Waals surface area contributed by atoms with Crippen LogP contribution in [0.5, 0.6) is 0 Å². The van der Waals surface area contributed by atoms with E-state index < -0.39 is 0 Å². The number of rotatable bonds is 5. The molecule has 16 heavy (non-hydrogen) atoms. The van der Waals surface area contributed by atoms with Crippen molar-refractivity contribution >= 4 is 0 Å². The third kappa shape index (κ3) is 3.24. The van der Waals surface area contributed by atoms with Gasteiger partial charge in [-0.05, 0) is 31.5 Å². The van der Waals surface area contributed by atoms with Crippen molar-refractivity contribution in [3.8, 4) is 0 Å². The molecule has 0 radical (unpaired) electrons. The predicted octanol–water partition coefficient (Wildman–Crippen LogP) is 2.92. The van der Waals surface area contributed by atoms with Gasteiger partial charge in [0.2, 0.25) is 0 Å². The second-order valence-electron chi connectivity index (χ2n) is 4.05. The molecule has 1 heterocycles. The van der Waals surface area contributed by atoms with E-state index in [1.165, 1.54) is 16.7 Å². The fourth-order valence-corrected chi connectivity index (χ4v) is 1.73. The number of furan rings is 1. The fourth-order valence-electron chi connectivity index (χ4n) is 1.73. The number of aryl methyl sites for hydroxylation is 1. The highest BCUT2D eigenvalue weighted by Crippen LogP contribution is 2.04. The Hall–Kier alpha value is -1.54. The lowest BCUT2D eigenvalue weighted by molar-refractivity contribution is 0.560. The largest absolute Gasteiger partial charge is 0.472 e. The summed E-state index contributed by atoms with van der Waals surface area (Å²) < 4.78 is 5.01. The van der Waals surface area contributed by atoms with Crippen LogP contribution in [0.2, 0.25) is 0 Å². The number of hydrogen-bond acceptors (Lipinski definition) is 2. The molecular formula is C14H17NO. The van der Waals surface area contributed by atoms with Crippen LogP contribution in [0.25, 0.3) is 0 Å². The molecule has 2 nitrogen and oxygen atoms in total. The molecule has 0 saturated carbocycles. The van der Waals surface area contributed by atoms with Crippen LogP contribution in [0.4, 0.5) is 0 Å². The average molecular weight is 215 g/mol. The van der Waals surface area contributed by atoms with Gasteiger partial charge in [-0.25, -0.2) is 0 Å². The number of nitrogens with one attached hydrogen (secondary N) is 1. The molecule has 2 rings (SSSR count). The second-order valence-corrected chi connectivity index (χ2v) is 4.05. The molecule has 0 bridgehead atoms. The molecule has 1 aromatic heterocycles. The van der Waals surface area contributed by atoms with E-state index in [1.807, 2.05) is 6.07 Å². The van der Waals surface area contributed by atoms with Crippen LogP contribution in [-0.2, 0) is 13.0 Å². The minimum Gasteiger partial charge on any atom is -0.472 e. The standard InChI is InChI=1S/C14H17NO/c1-12-3-2-4-13(9-12)5-7-15-10-14-6-8-16-11-14/h2-4,6,8-9,11,15H,5,7,10H2,1H3. The highest BCUT2D eigenvalue weighted by molar-refractivity contribution is 5.22. The summed E-state index contributed by atoms with van der Waals surface area (Å²) in [5, 5.41) is 3.40. The SMILES string of the molecule is Cc1cccc(CCNCc2ccoc2)c1. The van der Waals surface area contributed by atoms with E-state index in [0.717, 1.165) is 19.5 Å². The summed E-state index contributed by atoms with van der Waals surface area (Å²) in [4.78, 5) is 0. The predicted molar refractivity (Wildman–Crippen MR) is 65.3 cm³/mol. The highest BCUT2D eigenvalue weighted by Gasteiger charge is 1.95. The number of hydrogen-bond donors (Lipinski definition) is 1. The first-order chi connectivity index (χ1) is 7.84. The van der Waals surface area contributed by atoms with Crippen molar-refractivity contribution in [3.05, 3.63) is 59.5 Å². The van der Waals surface area contributed by atoms with Gasteiger partial charge in [-0.2, -0.15) is 0 Å². The van der Waals surface area contributed by atoms with E-state index in [4.69, 9.17) is 4.42 Å². The first kappa shape index (κ1) is 11.0. The van der Waals surface area contributed by atoms with Gasteiger partial charge in [-0.15, -0.1) is 0 Å². The van der Waals surface area contributed by atoms with Gasteiger partial charge in [-0.1, -0.05) is 29.8 Å². The molecule has 2 heteroatoms. The quantitative estimate of drug-likeness (QED) is 0.776. The molecule has 1 N–H and O–H groups in total. The summed E-state index contributed by atoms with van der Waals surface area (Å²) in [7, 11) is 0. The Labute approximate surface area is 96.3 Å². The van der Waals surface area contributed by atoms with Crippen LogP contribution in [-0.4, -0.2) is 6.54 Å². The Morgan fingerprint density at radius 1 is 1.19 bits per heavy atom. The molecular weight excluding hydrogens is 198 g/mol. The van der Waals surface area contributed by atoms with Gasteiger partial charge in [-0.3, -0.25) is 0 Å². The molecule has 2 aromatic rings. The molecule has 0 spiro atoms. The lowest BCUT2D eigenvalue weighted by Gasteiger charge is -2.04. The van der Waals surface area contributed by atoms with E-state index in [1.54, 1.807) is 12.5 Å². The normalized spacial score (nSPS) is 10.6. The maximum atomic E-state index is 5.01. The van der Waals surface area contributed by atoms with Gasteiger partial charge in [0, 0.05) is 12.1 Å². The van der Waals surface area contributed by atoms with Crippen LogP contribution in [0.15, 0.2) is 47.3 Å². The molecule has 0 amide bonds. The number of benzene rings is 1. The monoisotopic (exact) mass is 215 g/mol. The van der Waals surface area contributed by atoms with Crippen LogP contribution in [0.1, 0.15) is 16.7 Å². The first-order valence-corrected chi connectivity index (χ1v) is 5.62. The minimum absolute atomic E-state index is 0.877. The van der Waals surface area contributed by atoms with Gasteiger partial charge < -0.3 is 9.73 Å². The van der Waals surface area contributed by atoms with Crippen molar-refractivity contribution in [2.75, 3.05) is 6.54 Å². The van der Waals surface area contributed by atoms with E-state index in [9.17, 15) is 0 Å². The van der Waals surface area contributed by atoms with Gasteiger partial charge in [0.15, 0.2) is 0 Å². The summed E-state index contributed by atoms with van der Waals surface area (Å²) in [6.45, 7) is 4.00. The molecule has 0 saturated heterocycles. The zero-order valence-corrected chi connectivity index (χ0v) is 9.57. The molecule has 0 unspecified atom stereocenters. The second kappa shape index (κ2) is 5.52. The van der Waals surface area contributed by atoms with Gasteiger partial charge in [0.25, 0.3) is 0 Å². The van der Waals surface area contributed by atoms with Crippen molar-refractivity contribution in [1.82, 2.24) is 5.32 Å². The van der Waals surface area contributed by atoms with E-state index in [2.05, 4.69) is 36.5 Å². The Kier molecular flexibility index (Phi) is 3.78. The summed E-state index contributed by atoms with van der Waals surface area (Å²) in [6, 6.07) is 10.6. The van der Waals surface area contributed by atoms with Gasteiger partial charge in [0.1, 0.15) is 0 Å². The van der Waals surface area contributed by atoms with Gasteiger partial charge in [0.05, 0.1) is 12.5 Å². The van der Waals surface area contributed by atoms with Crippen LogP contribution in [0.3, 0.4) is 0 Å². The molecule has 0 aliphatic heterocycles. The zero-order chi connectivity index (χ0) is 11.2. The molecule has 0 aliphatic rings. The van der Waals surface area contributed by atoms with E-state index in [-0.39, 0.29) is 0 Å². The average Bonchev–Trinajstić information content (AvgIpc) is 2.77. The zero-order valence-electron chi connectivity index (χ0n) is 9.57. The molecule has 84 valence electrons. The maximum absolute atomic E-state index is 5.01. The van der Waals surface area contributed by atoms with Crippen LogP contribution < -0.4 is 5.32 Å². The fraction of sp³-hybridized carbons (Fsp3) is 0.286. The van der Waals surface area contributed by atoms with E-state index >= 15 is 0 Å². The minimum atomic E-state index is 0.877. The molecule has 0 fully saturated rings.